The van der Waals surface area contributed by atoms with Gasteiger partial charge in [0.25, 0.3) is 0 Å². The Balaban J connectivity index is 0.000000531. The fourth-order valence-corrected chi connectivity index (χ4v) is 1.45. The quantitative estimate of drug-likeness (QED) is 0.718. The topological polar surface area (TPSA) is 51.2 Å². The van der Waals surface area contributed by atoms with E-state index in [0.717, 1.165) is 11.1 Å². The van der Waals surface area contributed by atoms with Gasteiger partial charge in [0.05, 0.1) is 0 Å². The zero-order chi connectivity index (χ0) is 11.4. The number of fused-ring (bicyclic) bond motifs is 1. The van der Waals surface area contributed by atoms with Gasteiger partial charge in [-0.25, -0.2) is 9.78 Å². The summed E-state index contributed by atoms with van der Waals surface area (Å²) >= 11 is 0. The summed E-state index contributed by atoms with van der Waals surface area (Å²) in [5.41, 5.74) is 2.53. The molecule has 0 aromatic carbocycles. The van der Waals surface area contributed by atoms with Crippen LogP contribution in [-0.2, 0) is 11.3 Å². The maximum absolute atomic E-state index is 11.3. The molecule has 1 aromatic rings. The summed E-state index contributed by atoms with van der Waals surface area (Å²) in [4.78, 5) is 15.4. The van der Waals surface area contributed by atoms with Crippen molar-refractivity contribution in [3.8, 4) is 0 Å². The highest BCUT2D eigenvalue weighted by Gasteiger charge is 2.26. The van der Waals surface area contributed by atoms with Gasteiger partial charge in [0.2, 0.25) is 0 Å². The van der Waals surface area contributed by atoms with Crippen LogP contribution in [0.25, 0.3) is 0 Å². The molecule has 0 saturated carbocycles. The van der Waals surface area contributed by atoms with Crippen molar-refractivity contribution >= 4 is 11.8 Å². The van der Waals surface area contributed by atoms with E-state index in [0.29, 0.717) is 18.0 Å². The Bertz CT molecular complexity index is 375. The number of pyridine rings is 1. The van der Waals surface area contributed by atoms with Crippen molar-refractivity contribution in [3.63, 3.8) is 0 Å². The first-order valence-electron chi connectivity index (χ1n) is 5.07. The monoisotopic (exact) mass is 208 g/mol. The maximum Gasteiger partial charge on any atom is 0.342 e. The third-order valence-corrected chi connectivity index (χ3v) is 2.19. The molecule has 0 fully saturated rings. The van der Waals surface area contributed by atoms with Gasteiger partial charge in [-0.2, -0.15) is 0 Å². The Morgan fingerprint density at radius 2 is 2.13 bits per heavy atom. The first kappa shape index (κ1) is 11.5. The molecule has 2 heterocycles. The smallest absolute Gasteiger partial charge is 0.342 e. The number of rotatable bonds is 1. The van der Waals surface area contributed by atoms with Crippen LogP contribution in [0.3, 0.4) is 0 Å². The molecule has 15 heavy (non-hydrogen) atoms. The number of nitrogens with one attached hydrogen (secondary N) is 1. The van der Waals surface area contributed by atoms with Crippen LogP contribution in [-0.4, -0.2) is 18.0 Å². The molecule has 4 heteroatoms. The largest absolute Gasteiger partial charge is 0.457 e. The number of hydrogen-bond acceptors (Lipinski definition) is 4. The van der Waals surface area contributed by atoms with Crippen molar-refractivity contribution in [2.24, 2.45) is 0 Å². The summed E-state index contributed by atoms with van der Waals surface area (Å²) < 4.78 is 4.93. The zero-order valence-corrected chi connectivity index (χ0v) is 9.55. The molecule has 1 N–H and O–H groups in total. The van der Waals surface area contributed by atoms with Gasteiger partial charge in [0, 0.05) is 18.8 Å². The van der Waals surface area contributed by atoms with Gasteiger partial charge in [-0.05, 0) is 12.5 Å². The average molecular weight is 208 g/mol. The van der Waals surface area contributed by atoms with E-state index < -0.39 is 0 Å². The molecule has 1 aromatic heterocycles. The minimum Gasteiger partial charge on any atom is -0.457 e. The maximum atomic E-state index is 11.3. The minimum absolute atomic E-state index is 0.282. The number of esters is 1. The molecule has 0 aliphatic carbocycles. The summed E-state index contributed by atoms with van der Waals surface area (Å²) in [5, 5.41) is 2.87. The zero-order valence-electron chi connectivity index (χ0n) is 9.55. The molecular formula is C11H16N2O2. The molecule has 0 radical (unpaired) electrons. The van der Waals surface area contributed by atoms with Crippen LogP contribution < -0.4 is 5.32 Å². The second-order valence-electron chi connectivity index (χ2n) is 2.97. The number of carbonyl (C=O) groups is 1. The minimum atomic E-state index is -0.282. The standard InChI is InChI=1S/C9H10N2O2.C2H6/c1-5-3-11-8(10-2)7-6(5)4-13-9(7)12;1-2/h3H,4H2,1-2H3,(H,10,11);1-2H3. The number of anilines is 1. The number of hydrogen-bond donors (Lipinski definition) is 1. The van der Waals surface area contributed by atoms with Gasteiger partial charge in [-0.3, -0.25) is 0 Å². The molecule has 1 aliphatic rings. The molecule has 0 spiro atoms. The second-order valence-corrected chi connectivity index (χ2v) is 2.97. The normalized spacial score (nSPS) is 12.4. The van der Waals surface area contributed by atoms with Gasteiger partial charge >= 0.3 is 5.97 Å². The molecule has 82 valence electrons. The van der Waals surface area contributed by atoms with E-state index in [1.54, 1.807) is 13.2 Å². The predicted molar refractivity (Wildman–Crippen MR) is 59.0 cm³/mol. The van der Waals surface area contributed by atoms with Gasteiger partial charge in [0.15, 0.2) is 0 Å². The molecule has 2 rings (SSSR count). The van der Waals surface area contributed by atoms with Crippen LogP contribution in [0.5, 0.6) is 0 Å². The van der Waals surface area contributed by atoms with Gasteiger partial charge in [-0.15, -0.1) is 0 Å². The van der Waals surface area contributed by atoms with Gasteiger partial charge in [0.1, 0.15) is 18.0 Å². The van der Waals surface area contributed by atoms with Gasteiger partial charge in [-0.1, -0.05) is 13.8 Å². The summed E-state index contributed by atoms with van der Waals surface area (Å²) in [6, 6.07) is 0. The van der Waals surface area contributed by atoms with Crippen molar-refractivity contribution < 1.29 is 9.53 Å². The summed E-state index contributed by atoms with van der Waals surface area (Å²) in [6.07, 6.45) is 1.74. The van der Waals surface area contributed by atoms with Crippen LogP contribution in [0.2, 0.25) is 0 Å². The fraction of sp³-hybridized carbons (Fsp3) is 0.455. The Hall–Kier alpha value is -1.58. The van der Waals surface area contributed by atoms with E-state index in [-0.39, 0.29) is 5.97 Å². The summed E-state index contributed by atoms with van der Waals surface area (Å²) in [7, 11) is 1.74. The predicted octanol–water partition coefficient (Wildman–Crippen LogP) is 2.13. The third kappa shape index (κ3) is 1.93. The number of aromatic nitrogens is 1. The molecular weight excluding hydrogens is 192 g/mol. The first-order chi connectivity index (χ1) is 7.24. The molecule has 0 amide bonds. The van der Waals surface area contributed by atoms with Crippen molar-refractivity contribution in [1.82, 2.24) is 4.98 Å². The van der Waals surface area contributed by atoms with E-state index in [4.69, 9.17) is 4.74 Å². The molecule has 0 bridgehead atoms. The molecule has 4 nitrogen and oxygen atoms in total. The van der Waals surface area contributed by atoms with E-state index >= 15 is 0 Å². The second kappa shape index (κ2) is 4.77. The van der Waals surface area contributed by atoms with Crippen molar-refractivity contribution in [1.29, 1.82) is 0 Å². The van der Waals surface area contributed by atoms with Crippen LogP contribution in [0, 0.1) is 6.92 Å². The van der Waals surface area contributed by atoms with Crippen LogP contribution in [0.1, 0.15) is 35.3 Å². The van der Waals surface area contributed by atoms with Crippen LogP contribution in [0.4, 0.5) is 5.82 Å². The number of cyclic esters (lactones) is 1. The van der Waals surface area contributed by atoms with Crippen molar-refractivity contribution in [3.05, 3.63) is 22.9 Å². The lowest BCUT2D eigenvalue weighted by Gasteiger charge is -2.04. The highest BCUT2D eigenvalue weighted by atomic mass is 16.5. The van der Waals surface area contributed by atoms with E-state index in [1.165, 1.54) is 0 Å². The van der Waals surface area contributed by atoms with Crippen LogP contribution >= 0.6 is 0 Å². The number of carbonyl (C=O) groups excluding carboxylic acids is 1. The lowest BCUT2D eigenvalue weighted by atomic mass is 10.1. The number of aryl methyl sites for hydroxylation is 1. The van der Waals surface area contributed by atoms with Crippen molar-refractivity contribution in [2.45, 2.75) is 27.4 Å². The molecule has 1 aliphatic heterocycles. The Morgan fingerprint density at radius 1 is 1.47 bits per heavy atom. The van der Waals surface area contributed by atoms with Crippen molar-refractivity contribution in [2.75, 3.05) is 12.4 Å². The van der Waals surface area contributed by atoms with E-state index in [1.807, 2.05) is 20.8 Å². The highest BCUT2D eigenvalue weighted by Crippen LogP contribution is 2.27. The molecule has 0 atom stereocenters. The lowest BCUT2D eigenvalue weighted by Crippen LogP contribution is -2.03. The fourth-order valence-electron chi connectivity index (χ4n) is 1.45. The third-order valence-electron chi connectivity index (χ3n) is 2.19. The number of ether oxygens (including phenoxy) is 1. The lowest BCUT2D eigenvalue weighted by molar-refractivity contribution is 0.0535. The summed E-state index contributed by atoms with van der Waals surface area (Å²) in [5.74, 6) is 0.318. The number of nitrogens with zero attached hydrogens (tertiary/aromatic N) is 1. The van der Waals surface area contributed by atoms with E-state index in [9.17, 15) is 4.79 Å². The van der Waals surface area contributed by atoms with E-state index in [2.05, 4.69) is 10.3 Å². The first-order valence-corrected chi connectivity index (χ1v) is 5.07. The molecule has 0 saturated heterocycles. The average Bonchev–Trinajstić information content (AvgIpc) is 2.66. The van der Waals surface area contributed by atoms with Gasteiger partial charge < -0.3 is 10.1 Å². The molecule has 0 unspecified atom stereocenters. The van der Waals surface area contributed by atoms with Crippen LogP contribution in [0.15, 0.2) is 6.20 Å². The Morgan fingerprint density at radius 3 is 2.73 bits per heavy atom. The summed E-state index contributed by atoms with van der Waals surface area (Å²) in [6.45, 7) is 6.30. The Labute approximate surface area is 89.7 Å². The Kier molecular flexibility index (Phi) is 3.66. The SMILES string of the molecule is CC.CNc1ncc(C)c2c1C(=O)OC2. The highest BCUT2D eigenvalue weighted by molar-refractivity contribution is 5.98.